The van der Waals surface area contributed by atoms with Gasteiger partial charge in [0.25, 0.3) is 5.91 Å². The molecule has 19 heavy (non-hydrogen) atoms. The van der Waals surface area contributed by atoms with E-state index in [0.717, 1.165) is 32.5 Å². The summed E-state index contributed by atoms with van der Waals surface area (Å²) in [6.07, 6.45) is 2.06. The van der Waals surface area contributed by atoms with Crippen LogP contribution in [0.3, 0.4) is 0 Å². The normalized spacial score (nSPS) is 31.8. The molecule has 0 bridgehead atoms. The molecule has 0 aromatic carbocycles. The fourth-order valence-electron chi connectivity index (χ4n) is 3.23. The average molecular weight is 268 g/mol. The lowest BCUT2D eigenvalue weighted by molar-refractivity contribution is -0.163. The van der Waals surface area contributed by atoms with Gasteiger partial charge in [0.15, 0.2) is 0 Å². The summed E-state index contributed by atoms with van der Waals surface area (Å²) in [4.78, 5) is 16.8. The largest absolute Gasteiger partial charge is 0.364 e. The summed E-state index contributed by atoms with van der Waals surface area (Å²) in [6, 6.07) is 0.403. The number of likely N-dealkylation sites (tertiary alicyclic amines) is 1. The molecule has 0 aromatic rings. The van der Waals surface area contributed by atoms with Gasteiger partial charge < -0.3 is 9.64 Å². The van der Waals surface area contributed by atoms with Crippen molar-refractivity contribution in [1.29, 1.82) is 0 Å². The molecule has 1 amide bonds. The third kappa shape index (κ3) is 3.29. The second kappa shape index (κ2) is 5.41. The van der Waals surface area contributed by atoms with Crippen molar-refractivity contribution in [2.45, 2.75) is 71.2 Å². The summed E-state index contributed by atoms with van der Waals surface area (Å²) in [7, 11) is 0. The van der Waals surface area contributed by atoms with E-state index in [1.165, 1.54) is 0 Å². The minimum Gasteiger partial charge on any atom is -0.364 e. The topological polar surface area (TPSA) is 32.8 Å². The van der Waals surface area contributed by atoms with Crippen LogP contribution < -0.4 is 0 Å². The van der Waals surface area contributed by atoms with E-state index in [-0.39, 0.29) is 23.7 Å². The number of ether oxygens (including phenoxy) is 1. The molecule has 2 heterocycles. The summed E-state index contributed by atoms with van der Waals surface area (Å²) in [5.74, 6) is 0.173. The second-order valence-electron chi connectivity index (χ2n) is 6.97. The maximum Gasteiger partial charge on any atom is 0.251 e. The van der Waals surface area contributed by atoms with E-state index in [2.05, 4.69) is 37.5 Å². The van der Waals surface area contributed by atoms with Crippen LogP contribution in [0.4, 0.5) is 0 Å². The molecule has 2 saturated heterocycles. The fourth-order valence-corrected chi connectivity index (χ4v) is 3.23. The van der Waals surface area contributed by atoms with Gasteiger partial charge in [-0.05, 0) is 47.5 Å². The van der Waals surface area contributed by atoms with Crippen LogP contribution in [0, 0.1) is 0 Å². The Hall–Kier alpha value is -0.610. The molecule has 0 N–H and O–H groups in total. The number of rotatable bonds is 1. The van der Waals surface area contributed by atoms with Gasteiger partial charge in [0.1, 0.15) is 6.10 Å². The Labute approximate surface area is 117 Å². The summed E-state index contributed by atoms with van der Waals surface area (Å²) in [5.41, 5.74) is 0.237. The van der Waals surface area contributed by atoms with Crippen LogP contribution in [0.1, 0.15) is 47.5 Å². The van der Waals surface area contributed by atoms with Crippen LogP contribution in [-0.2, 0) is 9.53 Å². The number of piperidine rings is 1. The Morgan fingerprint density at radius 2 is 1.74 bits per heavy atom. The first-order valence-electron chi connectivity index (χ1n) is 7.50. The third-order valence-electron chi connectivity index (χ3n) is 4.38. The highest BCUT2D eigenvalue weighted by Gasteiger charge is 2.37. The predicted octanol–water partition coefficient (Wildman–Crippen LogP) is 1.89. The maximum atomic E-state index is 12.2. The van der Waals surface area contributed by atoms with E-state index in [1.807, 2.05) is 6.92 Å². The minimum absolute atomic E-state index is 0.161. The summed E-state index contributed by atoms with van der Waals surface area (Å²) in [5, 5.41) is 0. The average Bonchev–Trinajstić information content (AvgIpc) is 2.33. The SMILES string of the molecule is CC1CN(C2CCN(C(C)(C)C)CC2)C(=O)C(C)O1. The molecule has 0 saturated carbocycles. The molecule has 0 aromatic heterocycles. The molecule has 0 aliphatic carbocycles. The molecule has 2 aliphatic rings. The van der Waals surface area contributed by atoms with Crippen molar-refractivity contribution in [3.63, 3.8) is 0 Å². The van der Waals surface area contributed by atoms with E-state index < -0.39 is 0 Å². The Bertz CT molecular complexity index is 330. The maximum absolute atomic E-state index is 12.2. The lowest BCUT2D eigenvalue weighted by atomic mass is 9.96. The highest BCUT2D eigenvalue weighted by molar-refractivity contribution is 5.81. The smallest absolute Gasteiger partial charge is 0.251 e. The summed E-state index contributed by atoms with van der Waals surface area (Å²) >= 11 is 0. The highest BCUT2D eigenvalue weighted by atomic mass is 16.5. The zero-order chi connectivity index (χ0) is 14.2. The first kappa shape index (κ1) is 14.8. The monoisotopic (exact) mass is 268 g/mol. The second-order valence-corrected chi connectivity index (χ2v) is 6.97. The number of hydrogen-bond acceptors (Lipinski definition) is 3. The van der Waals surface area contributed by atoms with Gasteiger partial charge in [-0.25, -0.2) is 0 Å². The molecule has 110 valence electrons. The van der Waals surface area contributed by atoms with E-state index in [4.69, 9.17) is 4.74 Å². The molecule has 2 unspecified atom stereocenters. The van der Waals surface area contributed by atoms with Gasteiger partial charge in [-0.2, -0.15) is 0 Å². The van der Waals surface area contributed by atoms with Gasteiger partial charge in [0.2, 0.25) is 0 Å². The van der Waals surface area contributed by atoms with Gasteiger partial charge >= 0.3 is 0 Å². The van der Waals surface area contributed by atoms with Crippen LogP contribution in [0.15, 0.2) is 0 Å². The van der Waals surface area contributed by atoms with Crippen molar-refractivity contribution in [3.8, 4) is 0 Å². The van der Waals surface area contributed by atoms with Gasteiger partial charge in [0.05, 0.1) is 6.10 Å². The third-order valence-corrected chi connectivity index (χ3v) is 4.38. The van der Waals surface area contributed by atoms with Crippen molar-refractivity contribution < 1.29 is 9.53 Å². The fraction of sp³-hybridized carbons (Fsp3) is 0.933. The van der Waals surface area contributed by atoms with E-state index in [9.17, 15) is 4.79 Å². The van der Waals surface area contributed by atoms with Crippen molar-refractivity contribution in [2.75, 3.05) is 19.6 Å². The van der Waals surface area contributed by atoms with Crippen molar-refractivity contribution >= 4 is 5.91 Å². The van der Waals surface area contributed by atoms with Crippen molar-refractivity contribution in [2.24, 2.45) is 0 Å². The number of hydrogen-bond donors (Lipinski definition) is 0. The molecule has 4 nitrogen and oxygen atoms in total. The quantitative estimate of drug-likeness (QED) is 0.728. The lowest BCUT2D eigenvalue weighted by Crippen LogP contribution is -2.58. The molecule has 0 spiro atoms. The Kier molecular flexibility index (Phi) is 4.21. The van der Waals surface area contributed by atoms with Crippen LogP contribution in [0.5, 0.6) is 0 Å². The predicted molar refractivity (Wildman–Crippen MR) is 76.1 cm³/mol. The first-order valence-corrected chi connectivity index (χ1v) is 7.50. The molecule has 2 aliphatic heterocycles. The molecule has 2 rings (SSSR count). The van der Waals surface area contributed by atoms with E-state index >= 15 is 0 Å². The molecule has 2 atom stereocenters. The van der Waals surface area contributed by atoms with Crippen LogP contribution in [0.2, 0.25) is 0 Å². The Balaban J connectivity index is 1.95. The molecule has 4 heteroatoms. The number of morpholine rings is 1. The van der Waals surface area contributed by atoms with Crippen LogP contribution >= 0.6 is 0 Å². The van der Waals surface area contributed by atoms with Gasteiger partial charge in [-0.3, -0.25) is 9.69 Å². The Morgan fingerprint density at radius 1 is 1.16 bits per heavy atom. The summed E-state index contributed by atoms with van der Waals surface area (Å²) < 4.78 is 5.59. The van der Waals surface area contributed by atoms with Crippen LogP contribution in [0.25, 0.3) is 0 Å². The molecular formula is C15H28N2O2. The lowest BCUT2D eigenvalue weighted by Gasteiger charge is -2.46. The Morgan fingerprint density at radius 3 is 2.26 bits per heavy atom. The van der Waals surface area contributed by atoms with E-state index in [1.54, 1.807) is 0 Å². The number of carbonyl (C=O) groups is 1. The zero-order valence-electron chi connectivity index (χ0n) is 13.0. The summed E-state index contributed by atoms with van der Waals surface area (Å²) in [6.45, 7) is 13.6. The van der Waals surface area contributed by atoms with Gasteiger partial charge in [-0.15, -0.1) is 0 Å². The minimum atomic E-state index is -0.274. The molecule has 2 fully saturated rings. The van der Waals surface area contributed by atoms with Crippen molar-refractivity contribution in [1.82, 2.24) is 9.80 Å². The standard InChI is InChI=1S/C15H28N2O2/c1-11-10-17(14(18)12(2)19-11)13-6-8-16(9-7-13)15(3,4)5/h11-13H,6-10H2,1-5H3. The van der Waals surface area contributed by atoms with Gasteiger partial charge in [-0.1, -0.05) is 0 Å². The first-order chi connectivity index (χ1) is 8.79. The highest BCUT2D eigenvalue weighted by Crippen LogP contribution is 2.25. The van der Waals surface area contributed by atoms with Crippen LogP contribution in [-0.4, -0.2) is 59.1 Å². The molecule has 0 radical (unpaired) electrons. The van der Waals surface area contributed by atoms with E-state index in [0.29, 0.717) is 6.04 Å². The van der Waals surface area contributed by atoms with Gasteiger partial charge in [0, 0.05) is 31.2 Å². The number of amides is 1. The van der Waals surface area contributed by atoms with Crippen molar-refractivity contribution in [3.05, 3.63) is 0 Å². The zero-order valence-corrected chi connectivity index (χ0v) is 13.0. The number of nitrogens with zero attached hydrogens (tertiary/aromatic N) is 2. The molecular weight excluding hydrogens is 240 g/mol. The number of carbonyl (C=O) groups excluding carboxylic acids is 1.